The van der Waals surface area contributed by atoms with Crippen molar-refractivity contribution >= 4 is 0 Å². The summed E-state index contributed by atoms with van der Waals surface area (Å²) in [6, 6.07) is 11.5. The van der Waals surface area contributed by atoms with Gasteiger partial charge < -0.3 is 10.2 Å². The van der Waals surface area contributed by atoms with Crippen molar-refractivity contribution in [1.82, 2.24) is 0 Å². The fraction of sp³-hybridized carbons (Fsp3) is 0.500. The third kappa shape index (κ3) is 3.34. The molecule has 0 bridgehead atoms. The van der Waals surface area contributed by atoms with E-state index in [0.717, 1.165) is 11.1 Å². The van der Waals surface area contributed by atoms with E-state index in [-0.39, 0.29) is 5.75 Å². The monoisotopic (exact) mass is 350 g/mol. The Morgan fingerprint density at radius 1 is 0.615 bits per heavy atom. The van der Waals surface area contributed by atoms with E-state index in [1.165, 1.54) is 75.3 Å². The van der Waals surface area contributed by atoms with E-state index in [1.807, 2.05) is 24.3 Å². The maximum Gasteiger partial charge on any atom is 0.123 e. The Bertz CT molecular complexity index is 753. The first-order valence-corrected chi connectivity index (χ1v) is 10.4. The molecule has 0 unspecified atom stereocenters. The van der Waals surface area contributed by atoms with Gasteiger partial charge in [0.25, 0.3) is 0 Å². The molecule has 2 fully saturated rings. The molecular weight excluding hydrogens is 320 g/mol. The normalized spacial score (nSPS) is 19.5. The van der Waals surface area contributed by atoms with Gasteiger partial charge in [0.15, 0.2) is 0 Å². The van der Waals surface area contributed by atoms with E-state index in [4.69, 9.17) is 0 Å². The quantitative estimate of drug-likeness (QED) is 0.635. The summed E-state index contributed by atoms with van der Waals surface area (Å²) in [6.07, 6.45) is 12.7. The number of hydrogen-bond acceptors (Lipinski definition) is 2. The molecule has 0 aromatic heterocycles. The van der Waals surface area contributed by atoms with Crippen molar-refractivity contribution in [2.24, 2.45) is 0 Å². The van der Waals surface area contributed by atoms with Gasteiger partial charge in [-0.2, -0.15) is 0 Å². The van der Waals surface area contributed by atoms with Crippen LogP contribution in [0.3, 0.4) is 0 Å². The molecule has 2 aliphatic carbocycles. The maximum absolute atomic E-state index is 10.8. The van der Waals surface area contributed by atoms with Crippen LogP contribution in [0.2, 0.25) is 0 Å². The Balaban J connectivity index is 1.89. The molecule has 2 aromatic rings. The van der Waals surface area contributed by atoms with Crippen molar-refractivity contribution in [2.75, 3.05) is 0 Å². The zero-order valence-corrected chi connectivity index (χ0v) is 15.6. The average molecular weight is 351 g/mol. The summed E-state index contributed by atoms with van der Waals surface area (Å²) in [5.41, 5.74) is 4.44. The van der Waals surface area contributed by atoms with E-state index < -0.39 is 0 Å². The summed E-state index contributed by atoms with van der Waals surface area (Å²) in [5.74, 6) is 1.68. The lowest BCUT2D eigenvalue weighted by Gasteiger charge is -2.32. The first-order valence-electron chi connectivity index (χ1n) is 10.4. The molecule has 0 heterocycles. The molecule has 4 rings (SSSR count). The van der Waals surface area contributed by atoms with Crippen molar-refractivity contribution in [2.45, 2.75) is 76.0 Å². The topological polar surface area (TPSA) is 40.5 Å². The van der Waals surface area contributed by atoms with Crippen LogP contribution in [-0.4, -0.2) is 10.2 Å². The Morgan fingerprint density at radius 2 is 1.23 bits per heavy atom. The van der Waals surface area contributed by atoms with Crippen LogP contribution in [0.15, 0.2) is 36.4 Å². The van der Waals surface area contributed by atoms with Gasteiger partial charge in [0, 0.05) is 11.1 Å². The van der Waals surface area contributed by atoms with Crippen LogP contribution in [-0.2, 0) is 0 Å². The molecular formula is C24H30O2. The number of para-hydroxylation sites is 1. The highest BCUT2D eigenvalue weighted by atomic mass is 16.3. The largest absolute Gasteiger partial charge is 0.507 e. The predicted molar refractivity (Wildman–Crippen MR) is 107 cm³/mol. The lowest BCUT2D eigenvalue weighted by atomic mass is 9.73. The van der Waals surface area contributed by atoms with Gasteiger partial charge in [0.2, 0.25) is 0 Å². The van der Waals surface area contributed by atoms with Crippen LogP contribution in [0.1, 0.15) is 87.2 Å². The van der Waals surface area contributed by atoms with Crippen molar-refractivity contribution in [1.29, 1.82) is 0 Å². The molecule has 2 aromatic carbocycles. The van der Waals surface area contributed by atoms with E-state index in [9.17, 15) is 10.2 Å². The van der Waals surface area contributed by atoms with Crippen LogP contribution in [0.5, 0.6) is 11.5 Å². The number of hydrogen-bond donors (Lipinski definition) is 2. The predicted octanol–water partition coefficient (Wildman–Crippen LogP) is 6.86. The molecule has 2 nitrogen and oxygen atoms in total. The third-order valence-corrected chi connectivity index (χ3v) is 6.49. The van der Waals surface area contributed by atoms with E-state index in [2.05, 4.69) is 6.07 Å². The molecule has 0 atom stereocenters. The lowest BCUT2D eigenvalue weighted by Crippen LogP contribution is -2.13. The number of phenols is 2. The number of rotatable bonds is 3. The average Bonchev–Trinajstić information content (AvgIpc) is 2.70. The van der Waals surface area contributed by atoms with Crippen LogP contribution in [0, 0.1) is 0 Å². The first-order chi connectivity index (χ1) is 12.8. The minimum Gasteiger partial charge on any atom is -0.507 e. The lowest BCUT2D eigenvalue weighted by molar-refractivity contribution is 0.415. The Labute approximate surface area is 156 Å². The standard InChI is InChI=1S/C24H30O2/c25-21-14-8-7-13-20(21)24-22(26)16-15-19(17-9-3-1-4-10-17)23(24)18-11-5-2-6-12-18/h7-8,13-18,25-26H,1-6,9-12H2. The smallest absolute Gasteiger partial charge is 0.123 e. The number of phenolic OH excluding ortho intramolecular Hbond substituents is 2. The summed E-state index contributed by atoms with van der Waals surface area (Å²) >= 11 is 0. The highest BCUT2D eigenvalue weighted by molar-refractivity contribution is 5.80. The van der Waals surface area contributed by atoms with Gasteiger partial charge in [-0.1, -0.05) is 62.8 Å². The summed E-state index contributed by atoms with van der Waals surface area (Å²) in [4.78, 5) is 0. The van der Waals surface area contributed by atoms with Gasteiger partial charge in [-0.15, -0.1) is 0 Å². The van der Waals surface area contributed by atoms with Gasteiger partial charge >= 0.3 is 0 Å². The molecule has 0 aliphatic heterocycles. The maximum atomic E-state index is 10.8. The van der Waals surface area contributed by atoms with E-state index >= 15 is 0 Å². The van der Waals surface area contributed by atoms with Gasteiger partial charge in [-0.3, -0.25) is 0 Å². The minimum absolute atomic E-state index is 0.264. The summed E-state index contributed by atoms with van der Waals surface area (Å²) in [6.45, 7) is 0. The third-order valence-electron chi connectivity index (χ3n) is 6.49. The highest BCUT2D eigenvalue weighted by Crippen LogP contribution is 2.49. The Kier molecular flexibility index (Phi) is 5.19. The van der Waals surface area contributed by atoms with Crippen molar-refractivity contribution in [3.05, 3.63) is 47.5 Å². The van der Waals surface area contributed by atoms with Crippen molar-refractivity contribution < 1.29 is 10.2 Å². The molecule has 0 amide bonds. The number of aromatic hydroxyl groups is 2. The van der Waals surface area contributed by atoms with Gasteiger partial charge in [-0.25, -0.2) is 0 Å². The van der Waals surface area contributed by atoms with E-state index in [0.29, 0.717) is 17.6 Å². The van der Waals surface area contributed by atoms with Gasteiger partial charge in [0.1, 0.15) is 11.5 Å². The summed E-state index contributed by atoms with van der Waals surface area (Å²) in [7, 11) is 0. The molecule has 0 spiro atoms. The zero-order valence-electron chi connectivity index (χ0n) is 15.6. The van der Waals surface area contributed by atoms with Gasteiger partial charge in [-0.05, 0) is 60.8 Å². The Morgan fingerprint density at radius 3 is 1.88 bits per heavy atom. The zero-order chi connectivity index (χ0) is 17.9. The fourth-order valence-electron chi connectivity index (χ4n) is 5.19. The fourth-order valence-corrected chi connectivity index (χ4v) is 5.19. The molecule has 0 saturated heterocycles. The van der Waals surface area contributed by atoms with Crippen LogP contribution in [0.25, 0.3) is 11.1 Å². The van der Waals surface area contributed by atoms with Gasteiger partial charge in [0.05, 0.1) is 0 Å². The molecule has 26 heavy (non-hydrogen) atoms. The first kappa shape index (κ1) is 17.5. The van der Waals surface area contributed by atoms with Crippen LogP contribution in [0.4, 0.5) is 0 Å². The summed E-state index contributed by atoms with van der Waals surface area (Å²) < 4.78 is 0. The van der Waals surface area contributed by atoms with Crippen molar-refractivity contribution in [3.8, 4) is 22.6 Å². The molecule has 138 valence electrons. The SMILES string of the molecule is Oc1ccccc1-c1c(O)ccc(C2CCCCC2)c1C1CCCCC1. The van der Waals surface area contributed by atoms with Crippen LogP contribution >= 0.6 is 0 Å². The second-order valence-electron chi connectivity index (χ2n) is 8.15. The summed E-state index contributed by atoms with van der Waals surface area (Å²) in [5, 5.41) is 21.3. The Hall–Kier alpha value is -1.96. The molecule has 2 aliphatic rings. The second kappa shape index (κ2) is 7.73. The number of benzene rings is 2. The minimum atomic E-state index is 0.264. The molecule has 2 saturated carbocycles. The highest BCUT2D eigenvalue weighted by Gasteiger charge is 2.29. The van der Waals surface area contributed by atoms with E-state index in [1.54, 1.807) is 6.07 Å². The second-order valence-corrected chi connectivity index (χ2v) is 8.15. The molecule has 0 radical (unpaired) electrons. The molecule has 2 heteroatoms. The van der Waals surface area contributed by atoms with Crippen molar-refractivity contribution in [3.63, 3.8) is 0 Å². The van der Waals surface area contributed by atoms with Crippen LogP contribution < -0.4 is 0 Å². The molecule has 2 N–H and O–H groups in total.